The molecule has 128 valence electrons. The number of rotatable bonds is 2. The molecule has 0 aromatic carbocycles. The van der Waals surface area contributed by atoms with Crippen LogP contribution in [0, 0.1) is 0 Å². The van der Waals surface area contributed by atoms with Gasteiger partial charge in [-0.15, -0.1) is 0 Å². The fourth-order valence-corrected chi connectivity index (χ4v) is 2.29. The third-order valence-electron chi connectivity index (χ3n) is 3.55. The van der Waals surface area contributed by atoms with E-state index in [9.17, 15) is 18.0 Å². The quantitative estimate of drug-likeness (QED) is 0.890. The average molecular weight is 343 g/mol. The van der Waals surface area contributed by atoms with E-state index in [1.54, 1.807) is 6.07 Å². The van der Waals surface area contributed by atoms with Gasteiger partial charge in [0.15, 0.2) is 0 Å². The highest BCUT2D eigenvalue weighted by Crippen LogP contribution is 2.29. The number of carboxylic acid groups (broad SMARTS) is 1. The molecular weight excluding hydrogens is 331 g/mol. The fraction of sp³-hybridized carbons (Fsp3) is 0.385. The largest absolute Gasteiger partial charge is 0.471 e. The molecule has 1 amide bonds. The first kappa shape index (κ1) is 16.0. The maximum atomic E-state index is 12.4. The molecule has 1 aliphatic heterocycles. The second kappa shape index (κ2) is 5.98. The summed E-state index contributed by atoms with van der Waals surface area (Å²) in [6, 6.07) is 3.16. The minimum atomic E-state index is -4.69. The van der Waals surface area contributed by atoms with Gasteiger partial charge in [0, 0.05) is 37.9 Å². The minimum Gasteiger partial charge on any atom is -0.465 e. The molecule has 0 radical (unpaired) electrons. The van der Waals surface area contributed by atoms with Crippen LogP contribution in [0.3, 0.4) is 0 Å². The van der Waals surface area contributed by atoms with E-state index in [0.29, 0.717) is 37.6 Å². The highest BCUT2D eigenvalue weighted by molar-refractivity contribution is 5.65. The van der Waals surface area contributed by atoms with E-state index in [0.717, 1.165) is 0 Å². The molecule has 24 heavy (non-hydrogen) atoms. The van der Waals surface area contributed by atoms with Crippen LogP contribution in [-0.4, -0.2) is 57.4 Å². The molecule has 0 saturated carbocycles. The number of carbonyl (C=O) groups is 1. The van der Waals surface area contributed by atoms with Gasteiger partial charge in [-0.05, 0) is 12.1 Å². The molecule has 3 heterocycles. The molecule has 0 atom stereocenters. The van der Waals surface area contributed by atoms with Crippen molar-refractivity contribution in [1.82, 2.24) is 20.0 Å². The summed E-state index contributed by atoms with van der Waals surface area (Å²) in [5.74, 6) is -1.01. The van der Waals surface area contributed by atoms with Gasteiger partial charge in [0.2, 0.25) is 5.82 Å². The van der Waals surface area contributed by atoms with Crippen LogP contribution in [0.1, 0.15) is 5.89 Å². The first-order valence-electron chi connectivity index (χ1n) is 6.95. The lowest BCUT2D eigenvalue weighted by Crippen LogP contribution is -2.48. The molecular formula is C13H12F3N5O3. The third-order valence-corrected chi connectivity index (χ3v) is 3.55. The number of anilines is 1. The van der Waals surface area contributed by atoms with Gasteiger partial charge in [0.25, 0.3) is 0 Å². The first-order chi connectivity index (χ1) is 11.3. The second-order valence-electron chi connectivity index (χ2n) is 5.08. The zero-order valence-electron chi connectivity index (χ0n) is 12.2. The van der Waals surface area contributed by atoms with Crippen molar-refractivity contribution in [2.75, 3.05) is 31.1 Å². The zero-order valence-corrected chi connectivity index (χ0v) is 12.2. The molecule has 2 aromatic heterocycles. The van der Waals surface area contributed by atoms with Crippen LogP contribution in [0.2, 0.25) is 0 Å². The first-order valence-corrected chi connectivity index (χ1v) is 6.95. The Bertz CT molecular complexity index is 723. The number of amides is 1. The topological polar surface area (TPSA) is 95.6 Å². The molecule has 0 spiro atoms. The molecule has 0 aliphatic carbocycles. The van der Waals surface area contributed by atoms with Crippen LogP contribution in [0.25, 0.3) is 11.4 Å². The van der Waals surface area contributed by atoms with Gasteiger partial charge in [-0.25, -0.2) is 9.78 Å². The van der Waals surface area contributed by atoms with Crippen molar-refractivity contribution in [3.8, 4) is 11.4 Å². The van der Waals surface area contributed by atoms with E-state index in [1.165, 1.54) is 17.2 Å². The van der Waals surface area contributed by atoms with Crippen molar-refractivity contribution >= 4 is 11.9 Å². The molecule has 1 fully saturated rings. The number of pyridine rings is 1. The van der Waals surface area contributed by atoms with Crippen molar-refractivity contribution in [2.45, 2.75) is 6.18 Å². The Morgan fingerprint density at radius 2 is 1.92 bits per heavy atom. The molecule has 1 aliphatic rings. The van der Waals surface area contributed by atoms with E-state index in [4.69, 9.17) is 5.11 Å². The number of piperazine rings is 1. The van der Waals surface area contributed by atoms with Crippen LogP contribution >= 0.6 is 0 Å². The lowest BCUT2D eigenvalue weighted by Gasteiger charge is -2.33. The van der Waals surface area contributed by atoms with Gasteiger partial charge in [-0.1, -0.05) is 5.16 Å². The normalized spacial score (nSPS) is 15.6. The monoisotopic (exact) mass is 343 g/mol. The SMILES string of the molecule is O=C(O)N1CCN(c2ccc(-c3noc(C(F)(F)F)n3)cn2)CC1. The summed E-state index contributed by atoms with van der Waals surface area (Å²) < 4.78 is 41.5. The van der Waals surface area contributed by atoms with Gasteiger partial charge in [-0.3, -0.25) is 0 Å². The highest BCUT2D eigenvalue weighted by Gasteiger charge is 2.38. The predicted octanol–water partition coefficient (Wildman–Crippen LogP) is 1.95. The number of hydrogen-bond acceptors (Lipinski definition) is 6. The summed E-state index contributed by atoms with van der Waals surface area (Å²) in [6.07, 6.45) is -4.30. The molecule has 11 heteroatoms. The third kappa shape index (κ3) is 3.24. The Balaban J connectivity index is 1.70. The van der Waals surface area contributed by atoms with E-state index >= 15 is 0 Å². The standard InChI is InChI=1S/C13H12F3N5O3/c14-13(15,16)11-18-10(19-24-11)8-1-2-9(17-7-8)20-3-5-21(6-4-20)12(22)23/h1-2,7H,3-6H2,(H,22,23). The fourth-order valence-electron chi connectivity index (χ4n) is 2.29. The highest BCUT2D eigenvalue weighted by atomic mass is 19.4. The average Bonchev–Trinajstić information content (AvgIpc) is 3.05. The number of halogens is 3. The summed E-state index contributed by atoms with van der Waals surface area (Å²) >= 11 is 0. The van der Waals surface area contributed by atoms with Gasteiger partial charge < -0.3 is 19.4 Å². The maximum Gasteiger partial charge on any atom is 0.471 e. The number of nitrogens with zero attached hydrogens (tertiary/aromatic N) is 5. The summed E-state index contributed by atoms with van der Waals surface area (Å²) in [7, 11) is 0. The summed E-state index contributed by atoms with van der Waals surface area (Å²) in [5.41, 5.74) is 0.294. The zero-order chi connectivity index (χ0) is 17.3. The van der Waals surface area contributed by atoms with E-state index in [-0.39, 0.29) is 5.82 Å². The lowest BCUT2D eigenvalue weighted by molar-refractivity contribution is -0.159. The smallest absolute Gasteiger partial charge is 0.465 e. The van der Waals surface area contributed by atoms with Crippen LogP contribution in [0.15, 0.2) is 22.9 Å². The van der Waals surface area contributed by atoms with E-state index < -0.39 is 18.2 Å². The van der Waals surface area contributed by atoms with Crippen molar-refractivity contribution in [3.05, 3.63) is 24.2 Å². The minimum absolute atomic E-state index is 0.197. The van der Waals surface area contributed by atoms with Gasteiger partial charge >= 0.3 is 18.2 Å². The summed E-state index contributed by atoms with van der Waals surface area (Å²) in [5, 5.41) is 12.2. The van der Waals surface area contributed by atoms with Crippen LogP contribution in [0.5, 0.6) is 0 Å². The van der Waals surface area contributed by atoms with Crippen LogP contribution in [-0.2, 0) is 6.18 Å². The maximum absolute atomic E-state index is 12.4. The van der Waals surface area contributed by atoms with E-state index in [2.05, 4.69) is 19.6 Å². The van der Waals surface area contributed by atoms with Crippen molar-refractivity contribution in [2.24, 2.45) is 0 Å². The predicted molar refractivity (Wildman–Crippen MR) is 74.3 cm³/mol. The van der Waals surface area contributed by atoms with Crippen molar-refractivity contribution < 1.29 is 27.6 Å². The molecule has 0 bridgehead atoms. The van der Waals surface area contributed by atoms with Crippen molar-refractivity contribution in [1.29, 1.82) is 0 Å². The number of alkyl halides is 3. The molecule has 3 rings (SSSR count). The van der Waals surface area contributed by atoms with Gasteiger partial charge in [-0.2, -0.15) is 18.2 Å². The number of aromatic nitrogens is 3. The summed E-state index contributed by atoms with van der Waals surface area (Å²) in [4.78, 5) is 21.5. The summed E-state index contributed by atoms with van der Waals surface area (Å²) in [6.45, 7) is 1.69. The van der Waals surface area contributed by atoms with Gasteiger partial charge in [0.05, 0.1) is 0 Å². The molecule has 8 nitrogen and oxygen atoms in total. The van der Waals surface area contributed by atoms with Crippen LogP contribution in [0.4, 0.5) is 23.8 Å². The van der Waals surface area contributed by atoms with E-state index in [1.807, 2.05) is 4.90 Å². The van der Waals surface area contributed by atoms with Crippen molar-refractivity contribution in [3.63, 3.8) is 0 Å². The second-order valence-corrected chi connectivity index (χ2v) is 5.08. The molecule has 1 N–H and O–H groups in total. The molecule has 1 saturated heterocycles. The van der Waals surface area contributed by atoms with Gasteiger partial charge in [0.1, 0.15) is 5.82 Å². The molecule has 0 unspecified atom stereocenters. The molecule has 2 aromatic rings. The Kier molecular flexibility index (Phi) is 3.99. The Morgan fingerprint density at radius 1 is 1.21 bits per heavy atom. The Morgan fingerprint density at radius 3 is 2.42 bits per heavy atom. The van der Waals surface area contributed by atoms with Crippen LogP contribution < -0.4 is 4.90 Å². The lowest BCUT2D eigenvalue weighted by atomic mass is 10.2. The Labute approximate surface area is 133 Å². The Hall–Kier alpha value is -2.85. The number of hydrogen-bond donors (Lipinski definition) is 1.